The second kappa shape index (κ2) is 8.14. The first-order valence-corrected chi connectivity index (χ1v) is 9.87. The van der Waals surface area contributed by atoms with Crippen molar-refractivity contribution in [1.29, 1.82) is 0 Å². The van der Waals surface area contributed by atoms with Gasteiger partial charge in [0.15, 0.2) is 11.5 Å². The lowest BCUT2D eigenvalue weighted by atomic mass is 10.1. The number of nitrogens with zero attached hydrogens (tertiary/aromatic N) is 4. The molecule has 31 heavy (non-hydrogen) atoms. The Hall–Kier alpha value is -3.81. The van der Waals surface area contributed by atoms with Crippen molar-refractivity contribution in [3.8, 4) is 11.5 Å². The summed E-state index contributed by atoms with van der Waals surface area (Å²) in [6.45, 7) is 0.485. The lowest BCUT2D eigenvalue weighted by molar-refractivity contribution is 0.354. The highest BCUT2D eigenvalue weighted by Gasteiger charge is 2.11. The fraction of sp³-hybridized carbons (Fsp3) is 0.261. The predicted molar refractivity (Wildman–Crippen MR) is 121 cm³/mol. The van der Waals surface area contributed by atoms with E-state index in [1.54, 1.807) is 62.4 Å². The van der Waals surface area contributed by atoms with E-state index in [9.17, 15) is 9.59 Å². The van der Waals surface area contributed by atoms with Crippen LogP contribution in [0, 0.1) is 0 Å². The van der Waals surface area contributed by atoms with Crippen molar-refractivity contribution in [3.63, 3.8) is 0 Å². The van der Waals surface area contributed by atoms with Crippen molar-refractivity contribution in [2.45, 2.75) is 13.0 Å². The molecular weight excluding hydrogens is 396 g/mol. The average molecular weight is 420 g/mol. The van der Waals surface area contributed by atoms with Crippen LogP contribution in [0.15, 0.2) is 58.4 Å². The number of hydrogen-bond acceptors (Lipinski definition) is 6. The van der Waals surface area contributed by atoms with Crippen LogP contribution in [0.3, 0.4) is 0 Å². The molecule has 0 N–H and O–H groups in total. The normalized spacial score (nSPS) is 11.1. The van der Waals surface area contributed by atoms with Crippen LogP contribution < -0.4 is 25.6 Å². The van der Waals surface area contributed by atoms with E-state index in [4.69, 9.17) is 9.47 Å². The highest BCUT2D eigenvalue weighted by molar-refractivity contribution is 5.91. The highest BCUT2D eigenvalue weighted by Crippen LogP contribution is 2.27. The van der Waals surface area contributed by atoms with Crippen LogP contribution in [0.4, 0.5) is 0 Å². The van der Waals surface area contributed by atoms with E-state index in [0.717, 1.165) is 5.56 Å². The Morgan fingerprint density at radius 2 is 1.55 bits per heavy atom. The molecule has 0 saturated heterocycles. The zero-order valence-corrected chi connectivity index (χ0v) is 18.0. The molecule has 0 aliphatic carbocycles. The molecule has 0 spiro atoms. The van der Waals surface area contributed by atoms with Gasteiger partial charge in [0.1, 0.15) is 0 Å². The molecule has 4 aromatic rings. The standard InChI is InChI=1S/C23H24N4O4/c1-25(2)27-12-9-19-17(23(27)29)14-16-18(24-19)8-11-26(22(16)28)10-7-15-5-6-20(30-3)21(13-15)31-4/h5-6,8-9,11-14H,7,10H2,1-4H3. The number of aromatic nitrogens is 3. The van der Waals surface area contributed by atoms with Crippen molar-refractivity contribution in [2.24, 2.45) is 0 Å². The number of ether oxygens (including phenoxy) is 2. The summed E-state index contributed by atoms with van der Waals surface area (Å²) in [5.41, 5.74) is 1.78. The lowest BCUT2D eigenvalue weighted by Gasteiger charge is -2.16. The molecule has 0 aliphatic rings. The molecule has 0 aliphatic heterocycles. The lowest BCUT2D eigenvalue weighted by Crippen LogP contribution is -2.35. The maximum Gasteiger partial charge on any atom is 0.278 e. The molecule has 0 unspecified atom stereocenters. The Morgan fingerprint density at radius 1 is 0.871 bits per heavy atom. The zero-order valence-electron chi connectivity index (χ0n) is 18.0. The predicted octanol–water partition coefficient (Wildman–Crippen LogP) is 2.17. The maximum atomic E-state index is 13.1. The summed E-state index contributed by atoms with van der Waals surface area (Å²) in [7, 11) is 6.75. The van der Waals surface area contributed by atoms with Crippen molar-refractivity contribution >= 4 is 21.8 Å². The number of fused-ring (bicyclic) bond motifs is 2. The van der Waals surface area contributed by atoms with Crippen LogP contribution in [0.25, 0.3) is 21.8 Å². The number of rotatable bonds is 6. The summed E-state index contributed by atoms with van der Waals surface area (Å²) in [5, 5.41) is 2.52. The molecule has 4 rings (SSSR count). The monoisotopic (exact) mass is 420 g/mol. The van der Waals surface area contributed by atoms with Gasteiger partial charge >= 0.3 is 0 Å². The summed E-state index contributed by atoms with van der Waals surface area (Å²) < 4.78 is 13.7. The van der Waals surface area contributed by atoms with Crippen LogP contribution in [0.2, 0.25) is 0 Å². The van der Waals surface area contributed by atoms with Gasteiger partial charge in [0.05, 0.1) is 36.0 Å². The van der Waals surface area contributed by atoms with Crippen LogP contribution in [-0.4, -0.2) is 42.5 Å². The molecule has 8 nitrogen and oxygen atoms in total. The van der Waals surface area contributed by atoms with Crippen molar-refractivity contribution in [2.75, 3.05) is 33.3 Å². The summed E-state index contributed by atoms with van der Waals surface area (Å²) in [4.78, 5) is 30.4. The first-order valence-electron chi connectivity index (χ1n) is 9.87. The van der Waals surface area contributed by atoms with Gasteiger partial charge in [-0.05, 0) is 42.3 Å². The van der Waals surface area contributed by atoms with Crippen molar-refractivity contribution < 1.29 is 9.47 Å². The maximum absolute atomic E-state index is 13.1. The summed E-state index contributed by atoms with van der Waals surface area (Å²) in [6.07, 6.45) is 4.05. The molecule has 8 heteroatoms. The highest BCUT2D eigenvalue weighted by atomic mass is 16.5. The molecular formula is C23H24N4O4. The second-order valence-electron chi connectivity index (χ2n) is 7.42. The van der Waals surface area contributed by atoms with Crippen LogP contribution in [-0.2, 0) is 13.0 Å². The summed E-state index contributed by atoms with van der Waals surface area (Å²) in [6, 6.07) is 10.9. The Labute approximate surface area is 178 Å². The summed E-state index contributed by atoms with van der Waals surface area (Å²) in [5.74, 6) is 1.31. The molecule has 3 aromatic heterocycles. The largest absolute Gasteiger partial charge is 0.493 e. The van der Waals surface area contributed by atoms with Gasteiger partial charge in [0, 0.05) is 33.0 Å². The van der Waals surface area contributed by atoms with Gasteiger partial charge in [0.2, 0.25) is 0 Å². The SMILES string of the molecule is COc1ccc(CCn2ccc3nc4ccn(N(C)C)c(=O)c4cc3c2=O)cc1OC. The quantitative estimate of drug-likeness (QED) is 0.445. The van der Waals surface area contributed by atoms with E-state index in [1.807, 2.05) is 24.3 Å². The molecule has 0 atom stereocenters. The third-order valence-electron chi connectivity index (χ3n) is 5.32. The second-order valence-corrected chi connectivity index (χ2v) is 7.42. The molecule has 0 amide bonds. The minimum absolute atomic E-state index is 0.174. The topological polar surface area (TPSA) is 78.6 Å². The average Bonchev–Trinajstić information content (AvgIpc) is 2.77. The van der Waals surface area contributed by atoms with E-state index in [1.165, 1.54) is 4.68 Å². The smallest absolute Gasteiger partial charge is 0.278 e. The fourth-order valence-corrected chi connectivity index (χ4v) is 3.63. The van der Waals surface area contributed by atoms with E-state index in [-0.39, 0.29) is 11.1 Å². The Bertz CT molecular complexity index is 1390. The molecule has 0 bridgehead atoms. The van der Waals surface area contributed by atoms with Gasteiger partial charge in [0.25, 0.3) is 11.1 Å². The molecule has 160 valence electrons. The van der Waals surface area contributed by atoms with Crippen LogP contribution in [0.5, 0.6) is 11.5 Å². The number of benzene rings is 1. The van der Waals surface area contributed by atoms with E-state index in [0.29, 0.717) is 46.3 Å². The Kier molecular flexibility index (Phi) is 5.37. The fourth-order valence-electron chi connectivity index (χ4n) is 3.63. The van der Waals surface area contributed by atoms with E-state index < -0.39 is 0 Å². The Morgan fingerprint density at radius 3 is 2.23 bits per heavy atom. The third-order valence-corrected chi connectivity index (χ3v) is 5.32. The first kappa shape index (κ1) is 20.5. The van der Waals surface area contributed by atoms with E-state index in [2.05, 4.69) is 4.98 Å². The van der Waals surface area contributed by atoms with Crippen molar-refractivity contribution in [3.05, 3.63) is 75.1 Å². The van der Waals surface area contributed by atoms with E-state index >= 15 is 0 Å². The van der Waals surface area contributed by atoms with Gasteiger partial charge in [-0.15, -0.1) is 0 Å². The molecule has 0 saturated carbocycles. The summed E-state index contributed by atoms with van der Waals surface area (Å²) >= 11 is 0. The van der Waals surface area contributed by atoms with Crippen LogP contribution in [0.1, 0.15) is 5.56 Å². The minimum Gasteiger partial charge on any atom is -0.493 e. The molecule has 0 fully saturated rings. The minimum atomic E-state index is -0.211. The van der Waals surface area contributed by atoms with Gasteiger partial charge in [-0.1, -0.05) is 6.07 Å². The molecule has 3 heterocycles. The van der Waals surface area contributed by atoms with Crippen molar-refractivity contribution in [1.82, 2.24) is 14.2 Å². The van der Waals surface area contributed by atoms with Gasteiger partial charge < -0.3 is 19.0 Å². The number of aryl methyl sites for hydroxylation is 2. The molecule has 0 radical (unpaired) electrons. The van der Waals surface area contributed by atoms with Gasteiger partial charge in [-0.2, -0.15) is 0 Å². The van der Waals surface area contributed by atoms with Gasteiger partial charge in [-0.25, -0.2) is 9.66 Å². The van der Waals surface area contributed by atoms with Crippen LogP contribution >= 0.6 is 0 Å². The molecule has 1 aromatic carbocycles. The third kappa shape index (κ3) is 3.72. The number of hydrogen-bond donors (Lipinski definition) is 0. The zero-order chi connectivity index (χ0) is 22.1. The Balaban J connectivity index is 1.71. The number of pyridine rings is 3. The first-order chi connectivity index (χ1) is 14.9. The van der Waals surface area contributed by atoms with Gasteiger partial charge in [-0.3, -0.25) is 9.59 Å². The number of methoxy groups -OCH3 is 2.